The fourth-order valence-electron chi connectivity index (χ4n) is 3.35. The summed E-state index contributed by atoms with van der Waals surface area (Å²) in [5, 5.41) is 9.56. The maximum atomic E-state index is 9.56. The normalized spacial score (nSPS) is 29.2. The van der Waals surface area contributed by atoms with E-state index in [0.717, 1.165) is 22.7 Å². The van der Waals surface area contributed by atoms with Crippen molar-refractivity contribution in [1.82, 2.24) is 0 Å². The molecule has 1 saturated carbocycles. The first-order valence-corrected chi connectivity index (χ1v) is 8.95. The number of hydrogen-bond donors (Lipinski definition) is 1. The molecule has 0 heterocycles. The Hall–Kier alpha value is -0.500. The van der Waals surface area contributed by atoms with Crippen LogP contribution in [0.5, 0.6) is 0 Å². The van der Waals surface area contributed by atoms with E-state index in [2.05, 4.69) is 35.0 Å². The van der Waals surface area contributed by atoms with E-state index in [1.54, 1.807) is 0 Å². The summed E-state index contributed by atoms with van der Waals surface area (Å²) in [6.07, 6.45) is 18.4. The fourth-order valence-corrected chi connectivity index (χ4v) is 3.81. The molecule has 20 heavy (non-hydrogen) atoms. The molecule has 2 heteroatoms. The predicted octanol–water partition coefficient (Wildman–Crippen LogP) is 6.42. The van der Waals surface area contributed by atoms with Crippen LogP contribution < -0.4 is 0 Å². The number of hydrogen-bond acceptors (Lipinski definition) is 1. The van der Waals surface area contributed by atoms with Crippen molar-refractivity contribution in [3.8, 4) is 0 Å². The molecule has 1 N–H and O–H groups in total. The maximum absolute atomic E-state index is 9.56. The van der Waals surface area contributed by atoms with Gasteiger partial charge in [-0.1, -0.05) is 38.7 Å². The highest BCUT2D eigenvalue weighted by atomic mass is 79.9. The quantitative estimate of drug-likeness (QED) is 0.573. The molecular weight excluding hydrogens is 312 g/mol. The van der Waals surface area contributed by atoms with E-state index in [1.165, 1.54) is 56.9 Å². The van der Waals surface area contributed by atoms with Crippen molar-refractivity contribution >= 4 is 15.9 Å². The fraction of sp³-hybridized carbons (Fsp3) is 0.667. The summed E-state index contributed by atoms with van der Waals surface area (Å²) >= 11 is 3.41. The number of allylic oxidation sites excluding steroid dienone is 5. The monoisotopic (exact) mass is 338 g/mol. The topological polar surface area (TPSA) is 20.2 Å². The Labute approximate surface area is 132 Å². The van der Waals surface area contributed by atoms with Gasteiger partial charge in [-0.2, -0.15) is 0 Å². The first kappa shape index (κ1) is 15.9. The molecule has 0 radical (unpaired) electrons. The van der Waals surface area contributed by atoms with Crippen LogP contribution in [0, 0.1) is 11.8 Å². The van der Waals surface area contributed by atoms with E-state index >= 15 is 0 Å². The van der Waals surface area contributed by atoms with Crippen LogP contribution in [0.15, 0.2) is 34.0 Å². The highest BCUT2D eigenvalue weighted by molar-refractivity contribution is 9.11. The van der Waals surface area contributed by atoms with Gasteiger partial charge in [-0.3, -0.25) is 0 Å². The highest BCUT2D eigenvalue weighted by Gasteiger charge is 2.20. The van der Waals surface area contributed by atoms with Crippen LogP contribution in [0.3, 0.4) is 0 Å². The van der Waals surface area contributed by atoms with E-state index in [0.29, 0.717) is 5.76 Å². The molecule has 2 aliphatic rings. The zero-order valence-corrected chi connectivity index (χ0v) is 14.2. The smallest absolute Gasteiger partial charge is 0.126 e. The van der Waals surface area contributed by atoms with Gasteiger partial charge in [0.1, 0.15) is 5.76 Å². The van der Waals surface area contributed by atoms with E-state index in [9.17, 15) is 5.11 Å². The van der Waals surface area contributed by atoms with Gasteiger partial charge < -0.3 is 5.11 Å². The summed E-state index contributed by atoms with van der Waals surface area (Å²) in [7, 11) is 0. The van der Waals surface area contributed by atoms with Crippen molar-refractivity contribution in [2.75, 3.05) is 0 Å². The van der Waals surface area contributed by atoms with Crippen LogP contribution in [-0.4, -0.2) is 5.11 Å². The summed E-state index contributed by atoms with van der Waals surface area (Å²) in [5.74, 6) is 2.10. The molecule has 0 saturated heterocycles. The molecule has 0 aromatic carbocycles. The largest absolute Gasteiger partial charge is 0.507 e. The zero-order chi connectivity index (χ0) is 14.4. The van der Waals surface area contributed by atoms with Gasteiger partial charge in [0.15, 0.2) is 0 Å². The van der Waals surface area contributed by atoms with Gasteiger partial charge in [0.25, 0.3) is 0 Å². The Balaban J connectivity index is 1.77. The number of aliphatic hydroxyl groups excluding tert-OH is 1. The molecule has 0 bridgehead atoms. The van der Waals surface area contributed by atoms with E-state index in [-0.39, 0.29) is 0 Å². The molecule has 0 amide bonds. The summed E-state index contributed by atoms with van der Waals surface area (Å²) in [4.78, 5) is 0. The Morgan fingerprint density at radius 2 is 2.00 bits per heavy atom. The predicted molar refractivity (Wildman–Crippen MR) is 90.0 cm³/mol. The molecule has 0 aromatic heterocycles. The summed E-state index contributed by atoms with van der Waals surface area (Å²) in [6, 6.07) is 0. The second-order valence-electron chi connectivity index (χ2n) is 6.30. The minimum atomic E-state index is 0.377. The Morgan fingerprint density at radius 1 is 1.25 bits per heavy atom. The molecule has 1 nitrogen and oxygen atoms in total. The Kier molecular flexibility index (Phi) is 6.41. The van der Waals surface area contributed by atoms with Crippen LogP contribution in [0.4, 0.5) is 0 Å². The van der Waals surface area contributed by atoms with E-state index < -0.39 is 0 Å². The van der Waals surface area contributed by atoms with Gasteiger partial charge in [0.05, 0.1) is 4.48 Å². The van der Waals surface area contributed by atoms with Crippen molar-refractivity contribution in [3.05, 3.63) is 34.0 Å². The molecule has 0 aliphatic heterocycles. The van der Waals surface area contributed by atoms with E-state index in [4.69, 9.17) is 0 Å². The minimum absolute atomic E-state index is 0.377. The average Bonchev–Trinajstić information content (AvgIpc) is 2.45. The third kappa shape index (κ3) is 4.80. The Morgan fingerprint density at radius 3 is 2.65 bits per heavy atom. The minimum Gasteiger partial charge on any atom is -0.507 e. The molecule has 2 aliphatic carbocycles. The molecule has 0 aromatic rings. The lowest BCUT2D eigenvalue weighted by Crippen LogP contribution is -2.13. The van der Waals surface area contributed by atoms with Crippen LogP contribution in [0.25, 0.3) is 0 Å². The van der Waals surface area contributed by atoms with Crippen LogP contribution in [-0.2, 0) is 0 Å². The second kappa shape index (κ2) is 8.07. The third-order valence-corrected chi connectivity index (χ3v) is 5.28. The standard InChI is InChI=1S/C18H27BrO/c1-2-3-4-5-14-6-8-15(9-7-14)12-16-10-11-18(20)17(19)13-16/h11-15,20H,2-10H2,1H3. The SMILES string of the molecule is CCCCCC1CCC(C=C2C=C(Br)C(O)=CC2)CC1. The molecule has 0 atom stereocenters. The van der Waals surface area contributed by atoms with Gasteiger partial charge in [0.2, 0.25) is 0 Å². The first-order valence-electron chi connectivity index (χ1n) is 8.16. The number of aliphatic hydroxyl groups is 1. The summed E-state index contributed by atoms with van der Waals surface area (Å²) in [6.45, 7) is 2.28. The Bertz CT molecular complexity index is 398. The molecule has 0 spiro atoms. The van der Waals surface area contributed by atoms with Gasteiger partial charge in [-0.15, -0.1) is 0 Å². The molecular formula is C18H27BrO. The number of halogens is 1. The molecule has 0 unspecified atom stereocenters. The molecule has 112 valence electrons. The van der Waals surface area contributed by atoms with Gasteiger partial charge >= 0.3 is 0 Å². The maximum Gasteiger partial charge on any atom is 0.126 e. The van der Waals surface area contributed by atoms with Gasteiger partial charge in [-0.25, -0.2) is 0 Å². The van der Waals surface area contributed by atoms with Gasteiger partial charge in [0, 0.05) is 0 Å². The first-order chi connectivity index (χ1) is 9.69. The lowest BCUT2D eigenvalue weighted by Gasteiger charge is -2.27. The van der Waals surface area contributed by atoms with Crippen molar-refractivity contribution in [2.45, 2.75) is 64.7 Å². The summed E-state index contributed by atoms with van der Waals surface area (Å²) < 4.78 is 0.822. The van der Waals surface area contributed by atoms with Crippen LogP contribution >= 0.6 is 15.9 Å². The summed E-state index contributed by atoms with van der Waals surface area (Å²) in [5.41, 5.74) is 1.35. The lowest BCUT2D eigenvalue weighted by atomic mass is 9.79. The third-order valence-electron chi connectivity index (χ3n) is 4.65. The van der Waals surface area contributed by atoms with Crippen molar-refractivity contribution in [1.29, 1.82) is 0 Å². The van der Waals surface area contributed by atoms with Crippen molar-refractivity contribution in [2.24, 2.45) is 11.8 Å². The number of rotatable bonds is 5. The van der Waals surface area contributed by atoms with E-state index in [1.807, 2.05) is 6.08 Å². The lowest BCUT2D eigenvalue weighted by molar-refractivity contribution is 0.289. The van der Waals surface area contributed by atoms with Gasteiger partial charge in [-0.05, 0) is 77.6 Å². The molecule has 2 rings (SSSR count). The molecule has 1 fully saturated rings. The van der Waals surface area contributed by atoms with Crippen molar-refractivity contribution < 1.29 is 5.11 Å². The second-order valence-corrected chi connectivity index (χ2v) is 7.16. The van der Waals surface area contributed by atoms with Crippen LogP contribution in [0.2, 0.25) is 0 Å². The number of unbranched alkanes of at least 4 members (excludes halogenated alkanes) is 2. The highest BCUT2D eigenvalue weighted by Crippen LogP contribution is 2.34. The zero-order valence-electron chi connectivity index (χ0n) is 12.6. The van der Waals surface area contributed by atoms with Crippen molar-refractivity contribution in [3.63, 3.8) is 0 Å². The van der Waals surface area contributed by atoms with Crippen LogP contribution in [0.1, 0.15) is 64.7 Å². The average molecular weight is 339 g/mol.